The molecular formula is C12H22N4O. The Bertz CT molecular complexity index is 357. The van der Waals surface area contributed by atoms with E-state index >= 15 is 0 Å². The topological polar surface area (TPSA) is 66.0 Å². The Morgan fingerprint density at radius 3 is 3.06 bits per heavy atom. The lowest BCUT2D eigenvalue weighted by Crippen LogP contribution is -2.51. The monoisotopic (exact) mass is 238 g/mol. The zero-order valence-electron chi connectivity index (χ0n) is 10.7. The van der Waals surface area contributed by atoms with Gasteiger partial charge in [-0.3, -0.25) is 4.68 Å². The molecule has 5 nitrogen and oxygen atoms in total. The molecule has 0 spiro atoms. The van der Waals surface area contributed by atoms with Crippen molar-refractivity contribution < 1.29 is 4.74 Å². The Morgan fingerprint density at radius 2 is 2.41 bits per heavy atom. The van der Waals surface area contributed by atoms with Crippen LogP contribution in [0.3, 0.4) is 0 Å². The minimum absolute atomic E-state index is 0.0164. The summed E-state index contributed by atoms with van der Waals surface area (Å²) in [7, 11) is 0. The fourth-order valence-electron chi connectivity index (χ4n) is 2.37. The Balaban J connectivity index is 2.02. The molecule has 0 saturated carbocycles. The van der Waals surface area contributed by atoms with Gasteiger partial charge in [-0.15, -0.1) is 0 Å². The first-order valence-electron chi connectivity index (χ1n) is 6.42. The number of aromatic nitrogens is 3. The van der Waals surface area contributed by atoms with Crippen molar-refractivity contribution in [3.8, 4) is 0 Å². The summed E-state index contributed by atoms with van der Waals surface area (Å²) >= 11 is 0. The van der Waals surface area contributed by atoms with Gasteiger partial charge in [0.2, 0.25) is 0 Å². The minimum atomic E-state index is -0.206. The molecule has 5 heteroatoms. The van der Waals surface area contributed by atoms with Crippen molar-refractivity contribution in [1.29, 1.82) is 0 Å². The highest BCUT2D eigenvalue weighted by Gasteiger charge is 2.35. The van der Waals surface area contributed by atoms with E-state index in [-0.39, 0.29) is 11.6 Å². The van der Waals surface area contributed by atoms with Crippen molar-refractivity contribution in [1.82, 2.24) is 14.8 Å². The van der Waals surface area contributed by atoms with E-state index in [0.717, 1.165) is 38.2 Å². The molecule has 0 bridgehead atoms. The van der Waals surface area contributed by atoms with E-state index in [1.54, 1.807) is 6.33 Å². The largest absolute Gasteiger partial charge is 0.374 e. The molecule has 1 aromatic heterocycles. The van der Waals surface area contributed by atoms with Crippen LogP contribution < -0.4 is 5.73 Å². The van der Waals surface area contributed by atoms with Gasteiger partial charge in [0.25, 0.3) is 0 Å². The van der Waals surface area contributed by atoms with Gasteiger partial charge in [-0.2, -0.15) is 5.10 Å². The van der Waals surface area contributed by atoms with Crippen LogP contribution in [0.5, 0.6) is 0 Å². The SMILES string of the molecule is CCn1ncnc1CC(N)C1(C)CCCCO1. The molecule has 0 amide bonds. The lowest BCUT2D eigenvalue weighted by atomic mass is 9.87. The number of aryl methyl sites for hydroxylation is 1. The van der Waals surface area contributed by atoms with Crippen molar-refractivity contribution in [2.24, 2.45) is 5.73 Å². The molecule has 2 atom stereocenters. The quantitative estimate of drug-likeness (QED) is 0.854. The van der Waals surface area contributed by atoms with E-state index in [9.17, 15) is 0 Å². The van der Waals surface area contributed by atoms with Gasteiger partial charge in [0, 0.05) is 25.6 Å². The fourth-order valence-corrected chi connectivity index (χ4v) is 2.37. The van der Waals surface area contributed by atoms with Gasteiger partial charge >= 0.3 is 0 Å². The first-order valence-corrected chi connectivity index (χ1v) is 6.42. The second-order valence-corrected chi connectivity index (χ2v) is 4.92. The maximum atomic E-state index is 6.29. The van der Waals surface area contributed by atoms with Crippen molar-refractivity contribution in [2.75, 3.05) is 6.61 Å². The smallest absolute Gasteiger partial charge is 0.138 e. The molecule has 2 heterocycles. The average Bonchev–Trinajstić information content (AvgIpc) is 2.77. The lowest BCUT2D eigenvalue weighted by molar-refractivity contribution is -0.0812. The molecule has 2 N–H and O–H groups in total. The van der Waals surface area contributed by atoms with Crippen LogP contribution in [0.15, 0.2) is 6.33 Å². The zero-order chi connectivity index (χ0) is 12.3. The van der Waals surface area contributed by atoms with Crippen LogP contribution in [-0.4, -0.2) is 33.0 Å². The Labute approximate surface area is 102 Å². The van der Waals surface area contributed by atoms with Crippen molar-refractivity contribution in [3.63, 3.8) is 0 Å². The van der Waals surface area contributed by atoms with Crippen molar-refractivity contribution >= 4 is 0 Å². The highest BCUT2D eigenvalue weighted by Crippen LogP contribution is 2.28. The van der Waals surface area contributed by atoms with Crippen molar-refractivity contribution in [2.45, 2.75) is 57.7 Å². The molecule has 1 aromatic rings. The summed E-state index contributed by atoms with van der Waals surface area (Å²) in [5.41, 5.74) is 6.09. The second kappa shape index (κ2) is 5.14. The molecule has 0 aliphatic carbocycles. The van der Waals surface area contributed by atoms with Crippen LogP contribution >= 0.6 is 0 Å². The van der Waals surface area contributed by atoms with Gasteiger partial charge in [0.05, 0.1) is 5.60 Å². The summed E-state index contributed by atoms with van der Waals surface area (Å²) in [5.74, 6) is 0.954. The highest BCUT2D eigenvalue weighted by molar-refractivity contribution is 4.97. The maximum Gasteiger partial charge on any atom is 0.138 e. The van der Waals surface area contributed by atoms with E-state index in [2.05, 4.69) is 23.9 Å². The fraction of sp³-hybridized carbons (Fsp3) is 0.833. The molecule has 1 fully saturated rings. The first-order chi connectivity index (χ1) is 8.15. The molecule has 1 saturated heterocycles. The average molecular weight is 238 g/mol. The number of rotatable bonds is 4. The predicted molar refractivity (Wildman–Crippen MR) is 65.6 cm³/mol. The molecular weight excluding hydrogens is 216 g/mol. The second-order valence-electron chi connectivity index (χ2n) is 4.92. The van der Waals surface area contributed by atoms with Gasteiger partial charge in [-0.05, 0) is 33.1 Å². The Hall–Kier alpha value is -0.940. The predicted octanol–water partition coefficient (Wildman–Crippen LogP) is 1.13. The van der Waals surface area contributed by atoms with Gasteiger partial charge in [-0.1, -0.05) is 0 Å². The van der Waals surface area contributed by atoms with Crippen LogP contribution in [-0.2, 0) is 17.7 Å². The molecule has 17 heavy (non-hydrogen) atoms. The normalized spacial score (nSPS) is 27.0. The summed E-state index contributed by atoms with van der Waals surface area (Å²) in [6, 6.07) is -0.0164. The summed E-state index contributed by atoms with van der Waals surface area (Å²) < 4.78 is 7.76. The number of ether oxygens (including phenoxy) is 1. The van der Waals surface area contributed by atoms with Gasteiger partial charge in [0.1, 0.15) is 12.2 Å². The number of hydrogen-bond acceptors (Lipinski definition) is 4. The highest BCUT2D eigenvalue weighted by atomic mass is 16.5. The Kier molecular flexibility index (Phi) is 3.79. The molecule has 2 unspecified atom stereocenters. The standard InChI is InChI=1S/C12H22N4O/c1-3-16-11(14-9-15-16)8-10(13)12(2)6-4-5-7-17-12/h9-10H,3-8,13H2,1-2H3. The summed E-state index contributed by atoms with van der Waals surface area (Å²) in [5, 5.41) is 4.16. The summed E-state index contributed by atoms with van der Waals surface area (Å²) in [4.78, 5) is 4.27. The molecule has 96 valence electrons. The molecule has 0 aromatic carbocycles. The zero-order valence-corrected chi connectivity index (χ0v) is 10.7. The Morgan fingerprint density at radius 1 is 1.59 bits per heavy atom. The summed E-state index contributed by atoms with van der Waals surface area (Å²) in [6.45, 7) is 5.83. The molecule has 1 aliphatic rings. The van der Waals surface area contributed by atoms with Gasteiger partial charge < -0.3 is 10.5 Å². The van der Waals surface area contributed by atoms with Crippen LogP contribution in [0.2, 0.25) is 0 Å². The van der Waals surface area contributed by atoms with Crippen LogP contribution in [0.4, 0.5) is 0 Å². The molecule has 0 radical (unpaired) electrons. The lowest BCUT2D eigenvalue weighted by Gasteiger charge is -2.38. The third kappa shape index (κ3) is 2.66. The molecule has 2 rings (SSSR count). The van der Waals surface area contributed by atoms with Gasteiger partial charge in [0.15, 0.2) is 0 Å². The van der Waals surface area contributed by atoms with Crippen molar-refractivity contribution in [3.05, 3.63) is 12.2 Å². The van der Waals surface area contributed by atoms with Gasteiger partial charge in [-0.25, -0.2) is 4.98 Å². The first kappa shape index (κ1) is 12.5. The van der Waals surface area contributed by atoms with E-state index < -0.39 is 0 Å². The van der Waals surface area contributed by atoms with Crippen LogP contribution in [0.1, 0.15) is 38.9 Å². The van der Waals surface area contributed by atoms with E-state index in [0.29, 0.717) is 0 Å². The van der Waals surface area contributed by atoms with Crippen LogP contribution in [0, 0.1) is 0 Å². The van der Waals surface area contributed by atoms with Crippen LogP contribution in [0.25, 0.3) is 0 Å². The van der Waals surface area contributed by atoms with E-state index in [4.69, 9.17) is 10.5 Å². The number of nitrogens with zero attached hydrogens (tertiary/aromatic N) is 3. The molecule has 1 aliphatic heterocycles. The third-order valence-corrected chi connectivity index (χ3v) is 3.68. The number of hydrogen-bond donors (Lipinski definition) is 1. The minimum Gasteiger partial charge on any atom is -0.374 e. The van der Waals surface area contributed by atoms with E-state index in [1.807, 2.05) is 4.68 Å². The maximum absolute atomic E-state index is 6.29. The van der Waals surface area contributed by atoms with E-state index in [1.165, 1.54) is 6.42 Å². The third-order valence-electron chi connectivity index (χ3n) is 3.68. The summed E-state index contributed by atoms with van der Waals surface area (Å²) in [6.07, 6.45) is 5.70. The number of nitrogens with two attached hydrogens (primary N) is 1.